The average molecular weight is 467 g/mol. The summed E-state index contributed by atoms with van der Waals surface area (Å²) in [5.74, 6) is -0.845. The number of sulfonamides is 1. The van der Waals surface area contributed by atoms with E-state index in [4.69, 9.17) is 11.6 Å². The van der Waals surface area contributed by atoms with Crippen LogP contribution in [0.5, 0.6) is 0 Å². The van der Waals surface area contributed by atoms with E-state index in [1.54, 1.807) is 18.4 Å². The van der Waals surface area contributed by atoms with Gasteiger partial charge in [0.1, 0.15) is 5.82 Å². The number of benzene rings is 2. The van der Waals surface area contributed by atoms with E-state index in [1.807, 2.05) is 18.4 Å². The topological polar surface area (TPSA) is 57.7 Å². The third kappa shape index (κ3) is 4.50. The second-order valence-corrected chi connectivity index (χ2v) is 10.2. The zero-order valence-electron chi connectivity index (χ0n) is 16.6. The number of hydrogen-bond donors (Lipinski definition) is 0. The Bertz CT molecular complexity index is 1180. The van der Waals surface area contributed by atoms with Gasteiger partial charge in [0, 0.05) is 19.0 Å². The maximum atomic E-state index is 13.2. The van der Waals surface area contributed by atoms with Gasteiger partial charge < -0.3 is 4.90 Å². The molecule has 5 nitrogen and oxygen atoms in total. The molecule has 0 aliphatic heterocycles. The van der Waals surface area contributed by atoms with Crippen LogP contribution in [0.25, 0.3) is 0 Å². The van der Waals surface area contributed by atoms with Crippen molar-refractivity contribution in [1.29, 1.82) is 0 Å². The SMILES string of the molecule is Cc1ccsc1CN(C)C(=O)c1cc(S(=O)(=O)N(C)c2ccc(F)cc2)ccc1Cl. The van der Waals surface area contributed by atoms with Gasteiger partial charge in [0.15, 0.2) is 0 Å². The molecule has 1 amide bonds. The van der Waals surface area contributed by atoms with Crippen LogP contribution in [0.15, 0.2) is 58.8 Å². The Hall–Kier alpha value is -2.42. The minimum Gasteiger partial charge on any atom is -0.337 e. The van der Waals surface area contributed by atoms with Crippen LogP contribution in [0.4, 0.5) is 10.1 Å². The van der Waals surface area contributed by atoms with Crippen LogP contribution in [0.2, 0.25) is 5.02 Å². The average Bonchev–Trinajstić information content (AvgIpc) is 3.12. The Labute approximate surface area is 184 Å². The number of carbonyl (C=O) groups excluding carboxylic acids is 1. The van der Waals surface area contributed by atoms with E-state index in [1.165, 1.54) is 54.4 Å². The zero-order valence-corrected chi connectivity index (χ0v) is 19.0. The molecule has 9 heteroatoms. The molecule has 0 unspecified atom stereocenters. The first-order valence-electron chi connectivity index (χ1n) is 8.93. The van der Waals surface area contributed by atoms with Crippen LogP contribution in [0.1, 0.15) is 20.8 Å². The minimum atomic E-state index is -3.98. The highest BCUT2D eigenvalue weighted by Gasteiger charge is 2.25. The quantitative estimate of drug-likeness (QED) is 0.516. The number of hydrogen-bond acceptors (Lipinski definition) is 4. The second-order valence-electron chi connectivity index (χ2n) is 6.78. The molecule has 0 aliphatic rings. The monoisotopic (exact) mass is 466 g/mol. The van der Waals surface area contributed by atoms with Crippen LogP contribution >= 0.6 is 22.9 Å². The Morgan fingerprint density at radius 3 is 2.37 bits per heavy atom. The lowest BCUT2D eigenvalue weighted by Gasteiger charge is -2.21. The molecule has 2 aromatic carbocycles. The van der Waals surface area contributed by atoms with E-state index in [2.05, 4.69) is 0 Å². The summed E-state index contributed by atoms with van der Waals surface area (Å²) in [6.07, 6.45) is 0. The van der Waals surface area contributed by atoms with Gasteiger partial charge in [0.2, 0.25) is 0 Å². The number of thiophene rings is 1. The second kappa shape index (κ2) is 8.75. The summed E-state index contributed by atoms with van der Waals surface area (Å²) in [6, 6.07) is 11.1. The van der Waals surface area contributed by atoms with Gasteiger partial charge in [-0.05, 0) is 66.4 Å². The molecule has 30 heavy (non-hydrogen) atoms. The van der Waals surface area contributed by atoms with Gasteiger partial charge in [0.05, 0.1) is 27.7 Å². The van der Waals surface area contributed by atoms with Crippen molar-refractivity contribution in [1.82, 2.24) is 4.90 Å². The largest absolute Gasteiger partial charge is 0.337 e. The van der Waals surface area contributed by atoms with Crippen molar-refractivity contribution >= 4 is 44.6 Å². The molecule has 0 aliphatic carbocycles. The highest BCUT2D eigenvalue weighted by atomic mass is 35.5. The summed E-state index contributed by atoms with van der Waals surface area (Å²) < 4.78 is 40.3. The highest BCUT2D eigenvalue weighted by molar-refractivity contribution is 7.92. The van der Waals surface area contributed by atoms with Crippen molar-refractivity contribution in [2.75, 3.05) is 18.4 Å². The van der Waals surface area contributed by atoms with Gasteiger partial charge in [-0.1, -0.05) is 11.6 Å². The van der Waals surface area contributed by atoms with E-state index in [0.717, 1.165) is 14.7 Å². The minimum absolute atomic E-state index is 0.0808. The molecule has 3 aromatic rings. The molecule has 0 fully saturated rings. The molecular weight excluding hydrogens is 447 g/mol. The van der Waals surface area contributed by atoms with Crippen LogP contribution in [0, 0.1) is 12.7 Å². The third-order valence-corrected chi connectivity index (χ3v) is 7.83. The number of carbonyl (C=O) groups is 1. The first-order chi connectivity index (χ1) is 14.1. The fourth-order valence-corrected chi connectivity index (χ4v) is 5.21. The summed E-state index contributed by atoms with van der Waals surface area (Å²) in [7, 11) is -0.969. The molecule has 3 rings (SSSR count). The van der Waals surface area contributed by atoms with Gasteiger partial charge in [-0.2, -0.15) is 0 Å². The number of amides is 1. The molecule has 0 spiro atoms. The van der Waals surface area contributed by atoms with E-state index >= 15 is 0 Å². The first kappa shape index (κ1) is 22.3. The van der Waals surface area contributed by atoms with Gasteiger partial charge in [-0.15, -0.1) is 11.3 Å². The molecule has 0 radical (unpaired) electrons. The smallest absolute Gasteiger partial charge is 0.264 e. The fourth-order valence-electron chi connectivity index (χ4n) is 2.84. The maximum absolute atomic E-state index is 13.2. The van der Waals surface area contributed by atoms with Gasteiger partial charge >= 0.3 is 0 Å². The van der Waals surface area contributed by atoms with Crippen LogP contribution in [-0.4, -0.2) is 33.3 Å². The molecule has 0 bridgehead atoms. The van der Waals surface area contributed by atoms with Crippen LogP contribution < -0.4 is 4.31 Å². The van der Waals surface area contributed by atoms with Crippen molar-refractivity contribution in [2.24, 2.45) is 0 Å². The van der Waals surface area contributed by atoms with E-state index in [0.29, 0.717) is 12.2 Å². The number of halogens is 2. The Morgan fingerprint density at radius 1 is 1.10 bits per heavy atom. The molecule has 0 saturated carbocycles. The number of aryl methyl sites for hydroxylation is 1. The Kier molecular flexibility index (Phi) is 6.50. The van der Waals surface area contributed by atoms with E-state index < -0.39 is 15.8 Å². The normalized spacial score (nSPS) is 11.4. The van der Waals surface area contributed by atoms with Gasteiger partial charge in [-0.25, -0.2) is 12.8 Å². The number of nitrogens with zero attached hydrogens (tertiary/aromatic N) is 2. The molecule has 0 atom stereocenters. The van der Waals surface area contributed by atoms with E-state index in [9.17, 15) is 17.6 Å². The predicted octanol–water partition coefficient (Wildman–Crippen LogP) is 4.95. The standard InChI is InChI=1S/C21H20ClFN2O3S2/c1-14-10-11-29-20(14)13-24(2)21(26)18-12-17(8-9-19(18)22)30(27,28)25(3)16-6-4-15(23)5-7-16/h4-12H,13H2,1-3H3. The maximum Gasteiger partial charge on any atom is 0.264 e. The third-order valence-electron chi connectivity index (χ3n) is 4.71. The summed E-state index contributed by atoms with van der Waals surface area (Å²) in [4.78, 5) is 15.4. The Morgan fingerprint density at radius 2 is 1.77 bits per heavy atom. The van der Waals surface area contributed by atoms with E-state index in [-0.39, 0.29) is 21.4 Å². The summed E-state index contributed by atoms with van der Waals surface area (Å²) >= 11 is 7.77. The summed E-state index contributed by atoms with van der Waals surface area (Å²) in [6.45, 7) is 2.36. The van der Waals surface area contributed by atoms with Crippen molar-refractivity contribution in [3.63, 3.8) is 0 Å². The zero-order chi connectivity index (χ0) is 22.1. The molecule has 0 N–H and O–H groups in total. The first-order valence-corrected chi connectivity index (χ1v) is 11.6. The highest BCUT2D eigenvalue weighted by Crippen LogP contribution is 2.27. The van der Waals surface area contributed by atoms with Crippen molar-refractivity contribution in [2.45, 2.75) is 18.4 Å². The molecule has 1 aromatic heterocycles. The molecule has 0 saturated heterocycles. The van der Waals surface area contributed by atoms with Gasteiger partial charge in [0.25, 0.3) is 15.9 Å². The summed E-state index contributed by atoms with van der Waals surface area (Å²) in [5, 5.41) is 2.12. The molecule has 158 valence electrons. The van der Waals surface area contributed by atoms with Crippen LogP contribution in [0.3, 0.4) is 0 Å². The van der Waals surface area contributed by atoms with Crippen molar-refractivity contribution in [3.8, 4) is 0 Å². The number of rotatable bonds is 6. The van der Waals surface area contributed by atoms with Gasteiger partial charge in [-0.3, -0.25) is 9.10 Å². The fraction of sp³-hybridized carbons (Fsp3) is 0.190. The van der Waals surface area contributed by atoms with Crippen molar-refractivity contribution < 1.29 is 17.6 Å². The predicted molar refractivity (Wildman–Crippen MR) is 118 cm³/mol. The van der Waals surface area contributed by atoms with Crippen molar-refractivity contribution in [3.05, 3.63) is 80.8 Å². The Balaban J connectivity index is 1.91. The molecule has 1 heterocycles. The lowest BCUT2D eigenvalue weighted by Crippen LogP contribution is -2.28. The summed E-state index contributed by atoms with van der Waals surface area (Å²) in [5.41, 5.74) is 1.48. The number of anilines is 1. The molecular formula is C21H20ClFN2O3S2. The lowest BCUT2D eigenvalue weighted by atomic mass is 10.2. The lowest BCUT2D eigenvalue weighted by molar-refractivity contribution is 0.0786. The van der Waals surface area contributed by atoms with Crippen LogP contribution in [-0.2, 0) is 16.6 Å².